The van der Waals surface area contributed by atoms with Crippen LogP contribution in [0, 0.1) is 0 Å². The Labute approximate surface area is 105 Å². The normalized spacial score (nSPS) is 13.9. The van der Waals surface area contributed by atoms with Gasteiger partial charge in [-0.15, -0.1) is 11.3 Å². The number of nitrogens with one attached hydrogen (secondary N) is 2. The van der Waals surface area contributed by atoms with Crippen LogP contribution in [0.5, 0.6) is 0 Å². The molecule has 1 heterocycles. The predicted molar refractivity (Wildman–Crippen MR) is 67.7 cm³/mol. The number of halogens is 1. The number of hydrogen-bond acceptors (Lipinski definition) is 4. The number of thiophene rings is 1. The Kier molecular flexibility index (Phi) is 5.20. The lowest BCUT2D eigenvalue weighted by Gasteiger charge is -2.12. The van der Waals surface area contributed by atoms with Gasteiger partial charge in [0, 0.05) is 12.6 Å². The highest BCUT2D eigenvalue weighted by molar-refractivity contribution is 7.91. The van der Waals surface area contributed by atoms with Gasteiger partial charge in [0.1, 0.15) is 4.21 Å². The van der Waals surface area contributed by atoms with Crippen molar-refractivity contribution in [3.8, 4) is 0 Å². The summed E-state index contributed by atoms with van der Waals surface area (Å²) in [6.45, 7) is 5.08. The Morgan fingerprint density at radius 3 is 2.69 bits per heavy atom. The van der Waals surface area contributed by atoms with Gasteiger partial charge in [-0.2, -0.15) is 0 Å². The Balaban J connectivity index is 2.59. The van der Waals surface area contributed by atoms with E-state index in [0.29, 0.717) is 10.9 Å². The van der Waals surface area contributed by atoms with E-state index in [0.717, 1.165) is 17.9 Å². The molecule has 0 spiro atoms. The Morgan fingerprint density at radius 2 is 2.19 bits per heavy atom. The minimum absolute atomic E-state index is 0.107. The maximum atomic E-state index is 11.8. The molecule has 1 aromatic heterocycles. The molecule has 0 saturated heterocycles. The molecule has 0 aliphatic heterocycles. The zero-order valence-corrected chi connectivity index (χ0v) is 11.5. The van der Waals surface area contributed by atoms with Gasteiger partial charge in [0.2, 0.25) is 10.0 Å². The molecule has 16 heavy (non-hydrogen) atoms. The molecule has 92 valence electrons. The molecule has 4 nitrogen and oxygen atoms in total. The molecule has 0 radical (unpaired) electrons. The topological polar surface area (TPSA) is 58.2 Å². The monoisotopic (exact) mass is 282 g/mol. The fraction of sp³-hybridized carbons (Fsp3) is 0.556. The average Bonchev–Trinajstić information content (AvgIpc) is 2.63. The van der Waals surface area contributed by atoms with Crippen LogP contribution in [-0.4, -0.2) is 27.5 Å². The lowest BCUT2D eigenvalue weighted by atomic mass is 10.3. The van der Waals surface area contributed by atoms with Crippen LogP contribution in [0.15, 0.2) is 16.3 Å². The molecule has 0 saturated carbocycles. The first-order valence-corrected chi connectivity index (χ1v) is 7.62. The first-order chi connectivity index (χ1) is 7.45. The summed E-state index contributed by atoms with van der Waals surface area (Å²) in [6, 6.07) is 3.19. The zero-order chi connectivity index (χ0) is 12.2. The van der Waals surface area contributed by atoms with Crippen molar-refractivity contribution in [1.82, 2.24) is 10.0 Å². The summed E-state index contributed by atoms with van der Waals surface area (Å²) in [6.07, 6.45) is 0. The summed E-state index contributed by atoms with van der Waals surface area (Å²) < 4.78 is 26.8. The predicted octanol–water partition coefficient (Wildman–Crippen LogP) is 1.68. The molecule has 0 aliphatic carbocycles. The van der Waals surface area contributed by atoms with E-state index in [1.807, 2.05) is 13.8 Å². The van der Waals surface area contributed by atoms with E-state index >= 15 is 0 Å². The molecule has 2 N–H and O–H groups in total. The van der Waals surface area contributed by atoms with Crippen LogP contribution in [0.1, 0.15) is 13.8 Å². The molecular weight excluding hydrogens is 268 g/mol. The largest absolute Gasteiger partial charge is 0.313 e. The Bertz CT molecular complexity index is 430. The van der Waals surface area contributed by atoms with E-state index in [1.165, 1.54) is 6.07 Å². The lowest BCUT2D eigenvalue weighted by Crippen LogP contribution is -2.38. The number of likely N-dealkylation sites (N-methyl/N-ethyl adjacent to an activating group) is 1. The molecule has 1 aromatic rings. The smallest absolute Gasteiger partial charge is 0.250 e. The van der Waals surface area contributed by atoms with Crippen LogP contribution in [0.2, 0.25) is 4.34 Å². The standard InChI is InChI=1S/C9H15ClN2O2S2/c1-3-11-7(2)6-12-16(13,14)9-5-4-8(10)15-9/h4-5,7,11-12H,3,6H2,1-2H3/t7-/m1/s1. The third kappa shape index (κ3) is 4.03. The van der Waals surface area contributed by atoms with Crippen molar-refractivity contribution in [3.63, 3.8) is 0 Å². The highest BCUT2D eigenvalue weighted by atomic mass is 35.5. The van der Waals surface area contributed by atoms with Crippen LogP contribution < -0.4 is 10.0 Å². The van der Waals surface area contributed by atoms with Gasteiger partial charge in [-0.1, -0.05) is 18.5 Å². The molecule has 1 rings (SSSR count). The highest BCUT2D eigenvalue weighted by Gasteiger charge is 2.16. The van der Waals surface area contributed by atoms with E-state index in [9.17, 15) is 8.42 Å². The van der Waals surface area contributed by atoms with Crippen molar-refractivity contribution in [1.29, 1.82) is 0 Å². The molecule has 0 bridgehead atoms. The van der Waals surface area contributed by atoms with Gasteiger partial charge in [-0.25, -0.2) is 13.1 Å². The molecule has 0 fully saturated rings. The number of sulfonamides is 1. The van der Waals surface area contributed by atoms with Gasteiger partial charge in [0.05, 0.1) is 4.34 Å². The van der Waals surface area contributed by atoms with Crippen LogP contribution in [-0.2, 0) is 10.0 Å². The van der Waals surface area contributed by atoms with Crippen molar-refractivity contribution < 1.29 is 8.42 Å². The molecule has 0 unspecified atom stereocenters. The van der Waals surface area contributed by atoms with Gasteiger partial charge < -0.3 is 5.32 Å². The molecule has 1 atom stereocenters. The van der Waals surface area contributed by atoms with Crippen molar-refractivity contribution in [2.24, 2.45) is 0 Å². The van der Waals surface area contributed by atoms with Crippen molar-refractivity contribution in [3.05, 3.63) is 16.5 Å². The minimum atomic E-state index is -3.41. The molecular formula is C9H15ClN2O2S2. The maximum Gasteiger partial charge on any atom is 0.250 e. The highest BCUT2D eigenvalue weighted by Crippen LogP contribution is 2.25. The fourth-order valence-corrected chi connectivity index (χ4v) is 3.83. The molecule has 0 aliphatic rings. The summed E-state index contributed by atoms with van der Waals surface area (Å²) in [7, 11) is -3.41. The minimum Gasteiger partial charge on any atom is -0.313 e. The van der Waals surface area contributed by atoms with E-state index in [2.05, 4.69) is 10.0 Å². The third-order valence-electron chi connectivity index (χ3n) is 1.95. The van der Waals surface area contributed by atoms with Crippen molar-refractivity contribution in [2.45, 2.75) is 24.1 Å². The summed E-state index contributed by atoms with van der Waals surface area (Å²) in [5.74, 6) is 0. The van der Waals surface area contributed by atoms with E-state index < -0.39 is 10.0 Å². The molecule has 0 aromatic carbocycles. The second-order valence-electron chi connectivity index (χ2n) is 3.37. The summed E-state index contributed by atoms with van der Waals surface area (Å²) >= 11 is 6.75. The lowest BCUT2D eigenvalue weighted by molar-refractivity contribution is 0.537. The van der Waals surface area contributed by atoms with Crippen LogP contribution in [0.3, 0.4) is 0 Å². The maximum absolute atomic E-state index is 11.8. The van der Waals surface area contributed by atoms with Gasteiger partial charge in [-0.05, 0) is 25.6 Å². The number of hydrogen-bond donors (Lipinski definition) is 2. The zero-order valence-electron chi connectivity index (χ0n) is 9.16. The van der Waals surface area contributed by atoms with Gasteiger partial charge in [-0.3, -0.25) is 0 Å². The van der Waals surface area contributed by atoms with Crippen LogP contribution in [0.25, 0.3) is 0 Å². The van der Waals surface area contributed by atoms with Crippen molar-refractivity contribution >= 4 is 33.0 Å². The number of rotatable bonds is 6. The summed E-state index contributed by atoms with van der Waals surface area (Å²) in [5.41, 5.74) is 0. The van der Waals surface area contributed by atoms with E-state index in [1.54, 1.807) is 6.07 Å². The van der Waals surface area contributed by atoms with Gasteiger partial charge in [0.15, 0.2) is 0 Å². The first-order valence-electron chi connectivity index (χ1n) is 4.94. The van der Waals surface area contributed by atoms with Crippen molar-refractivity contribution in [2.75, 3.05) is 13.1 Å². The fourth-order valence-electron chi connectivity index (χ4n) is 1.17. The Hall–Kier alpha value is -0.140. The summed E-state index contributed by atoms with van der Waals surface area (Å²) in [5, 5.41) is 3.13. The quantitative estimate of drug-likeness (QED) is 0.835. The third-order valence-corrected chi connectivity index (χ3v) is 5.09. The summed E-state index contributed by atoms with van der Waals surface area (Å²) in [4.78, 5) is 0. The molecule has 0 amide bonds. The first kappa shape index (κ1) is 13.9. The Morgan fingerprint density at radius 1 is 1.50 bits per heavy atom. The van der Waals surface area contributed by atoms with E-state index in [4.69, 9.17) is 11.6 Å². The van der Waals surface area contributed by atoms with E-state index in [-0.39, 0.29) is 10.3 Å². The second kappa shape index (κ2) is 5.97. The van der Waals surface area contributed by atoms with Crippen LogP contribution >= 0.6 is 22.9 Å². The SMILES string of the molecule is CCN[C@H](C)CNS(=O)(=O)c1ccc(Cl)s1. The average molecular weight is 283 g/mol. The molecule has 7 heteroatoms. The van der Waals surface area contributed by atoms with Crippen LogP contribution in [0.4, 0.5) is 0 Å². The van der Waals surface area contributed by atoms with Gasteiger partial charge >= 0.3 is 0 Å². The van der Waals surface area contributed by atoms with Gasteiger partial charge in [0.25, 0.3) is 0 Å². The second-order valence-corrected chi connectivity index (χ2v) is 7.08.